The van der Waals surface area contributed by atoms with E-state index in [9.17, 15) is 9.59 Å². The van der Waals surface area contributed by atoms with Crippen LogP contribution < -0.4 is 4.74 Å². The molecule has 1 aromatic rings. The summed E-state index contributed by atoms with van der Waals surface area (Å²) in [5, 5.41) is 18.0. The van der Waals surface area contributed by atoms with Crippen LogP contribution in [-0.2, 0) is 4.79 Å². The number of carboxylic acid groups (broad SMARTS) is 1. The summed E-state index contributed by atoms with van der Waals surface area (Å²) in [7, 11) is 1.75. The average molecular weight is 323 g/mol. The fourth-order valence-corrected chi connectivity index (χ4v) is 2.26. The number of benzene rings is 1. The van der Waals surface area contributed by atoms with Gasteiger partial charge in [-0.05, 0) is 37.7 Å². The summed E-state index contributed by atoms with van der Waals surface area (Å²) in [6, 6.07) is 6.76. The van der Waals surface area contributed by atoms with Crippen LogP contribution >= 0.6 is 0 Å². The molecule has 1 aromatic carbocycles. The monoisotopic (exact) mass is 323 g/mol. The van der Waals surface area contributed by atoms with E-state index in [0.29, 0.717) is 31.0 Å². The summed E-state index contributed by atoms with van der Waals surface area (Å²) in [5.41, 5.74) is 0.470. The van der Waals surface area contributed by atoms with Gasteiger partial charge in [-0.3, -0.25) is 9.59 Å². The molecule has 0 aliphatic carbocycles. The van der Waals surface area contributed by atoms with Crippen molar-refractivity contribution in [2.24, 2.45) is 5.92 Å². The quantitative estimate of drug-likeness (QED) is 0.602. The minimum absolute atomic E-state index is 0.0338. The van der Waals surface area contributed by atoms with Crippen molar-refractivity contribution in [2.45, 2.75) is 19.8 Å². The molecule has 23 heavy (non-hydrogen) atoms. The van der Waals surface area contributed by atoms with E-state index in [-0.39, 0.29) is 18.8 Å². The topological polar surface area (TPSA) is 87.1 Å². The van der Waals surface area contributed by atoms with Crippen molar-refractivity contribution in [3.63, 3.8) is 0 Å². The van der Waals surface area contributed by atoms with E-state index in [1.807, 2.05) is 6.92 Å². The fourth-order valence-electron chi connectivity index (χ4n) is 2.26. The van der Waals surface area contributed by atoms with E-state index < -0.39 is 11.9 Å². The zero-order chi connectivity index (χ0) is 17.2. The van der Waals surface area contributed by atoms with Gasteiger partial charge in [-0.15, -0.1) is 0 Å². The van der Waals surface area contributed by atoms with E-state index in [4.69, 9.17) is 14.9 Å². The number of hydrogen-bond acceptors (Lipinski definition) is 5. The van der Waals surface area contributed by atoms with Crippen LogP contribution in [0.4, 0.5) is 0 Å². The van der Waals surface area contributed by atoms with Gasteiger partial charge in [-0.2, -0.15) is 0 Å². The third kappa shape index (κ3) is 6.80. The number of likely N-dealkylation sites (N-methyl/N-ethyl adjacent to an activating group) is 1. The van der Waals surface area contributed by atoms with E-state index in [1.54, 1.807) is 36.2 Å². The number of nitrogens with zero attached hydrogens (tertiary/aromatic N) is 1. The number of carboxylic acids is 1. The van der Waals surface area contributed by atoms with Crippen LogP contribution in [0, 0.1) is 5.92 Å². The fraction of sp³-hybridized carbons (Fsp3) is 0.529. The number of rotatable bonds is 11. The van der Waals surface area contributed by atoms with Gasteiger partial charge in [0.25, 0.3) is 0 Å². The minimum Gasteiger partial charge on any atom is -0.494 e. The molecule has 0 aromatic heterocycles. The van der Waals surface area contributed by atoms with Gasteiger partial charge < -0.3 is 19.8 Å². The summed E-state index contributed by atoms with van der Waals surface area (Å²) in [6.07, 6.45) is 0.668. The van der Waals surface area contributed by atoms with E-state index in [0.717, 1.165) is 6.42 Å². The first-order chi connectivity index (χ1) is 11.0. The number of ketones is 1. The summed E-state index contributed by atoms with van der Waals surface area (Å²) in [4.78, 5) is 25.3. The Morgan fingerprint density at radius 2 is 1.91 bits per heavy atom. The highest BCUT2D eigenvalue weighted by molar-refractivity contribution is 5.99. The number of carbonyl (C=O) groups is 2. The lowest BCUT2D eigenvalue weighted by molar-refractivity contribution is -0.137. The number of aliphatic carboxylic acids is 1. The zero-order valence-electron chi connectivity index (χ0n) is 13.7. The molecule has 0 heterocycles. The number of hydrogen-bond donors (Lipinski definition) is 2. The van der Waals surface area contributed by atoms with Gasteiger partial charge in [0, 0.05) is 24.6 Å². The lowest BCUT2D eigenvalue weighted by atomic mass is 9.94. The van der Waals surface area contributed by atoms with Crippen molar-refractivity contribution in [1.82, 2.24) is 4.90 Å². The second-order valence-electron chi connectivity index (χ2n) is 5.52. The summed E-state index contributed by atoms with van der Waals surface area (Å²) >= 11 is 0. The standard InChI is InChI=1S/C17H25NO5/c1-3-10-23-15-6-4-13(5-7-15)17(22)14(11-16(20)21)12-18(2)8-9-19/h4-7,14,19H,3,8-12H2,1-2H3,(H,20,21). The first-order valence-electron chi connectivity index (χ1n) is 7.76. The molecule has 0 amide bonds. The van der Waals surface area contributed by atoms with Crippen molar-refractivity contribution in [3.8, 4) is 5.75 Å². The van der Waals surface area contributed by atoms with Crippen molar-refractivity contribution in [2.75, 3.05) is 33.4 Å². The number of ether oxygens (including phenoxy) is 1. The second kappa shape index (κ2) is 9.97. The van der Waals surface area contributed by atoms with Crippen molar-refractivity contribution < 1.29 is 24.5 Å². The van der Waals surface area contributed by atoms with Crippen LogP contribution in [-0.4, -0.2) is 60.2 Å². The normalized spacial score (nSPS) is 12.2. The van der Waals surface area contributed by atoms with E-state index in [1.165, 1.54) is 0 Å². The molecule has 0 radical (unpaired) electrons. The highest BCUT2D eigenvalue weighted by atomic mass is 16.5. The summed E-state index contributed by atoms with van der Waals surface area (Å²) in [5.74, 6) is -1.18. The van der Waals surface area contributed by atoms with Crippen LogP contribution in [0.2, 0.25) is 0 Å². The largest absolute Gasteiger partial charge is 0.494 e. The maximum atomic E-state index is 12.6. The average Bonchev–Trinajstić information content (AvgIpc) is 2.52. The van der Waals surface area contributed by atoms with Crippen LogP contribution in [0.3, 0.4) is 0 Å². The molecule has 0 spiro atoms. The van der Waals surface area contributed by atoms with Gasteiger partial charge in [-0.25, -0.2) is 0 Å². The van der Waals surface area contributed by atoms with Crippen LogP contribution in [0.1, 0.15) is 30.1 Å². The number of Topliss-reactive ketones (excluding diaryl/α,β-unsaturated/α-hetero) is 1. The molecule has 0 bridgehead atoms. The molecule has 1 unspecified atom stereocenters. The lowest BCUT2D eigenvalue weighted by Crippen LogP contribution is -2.33. The van der Waals surface area contributed by atoms with Crippen molar-refractivity contribution in [1.29, 1.82) is 0 Å². The Hall–Kier alpha value is -1.92. The molecule has 0 saturated heterocycles. The highest BCUT2D eigenvalue weighted by Gasteiger charge is 2.24. The van der Waals surface area contributed by atoms with Gasteiger partial charge >= 0.3 is 5.97 Å². The molecule has 6 heteroatoms. The molecular formula is C17H25NO5. The third-order valence-electron chi connectivity index (χ3n) is 3.42. The maximum absolute atomic E-state index is 12.6. The number of carbonyl (C=O) groups excluding carboxylic acids is 1. The Labute approximate surface area is 136 Å². The predicted octanol–water partition coefficient (Wildman–Crippen LogP) is 1.67. The molecule has 6 nitrogen and oxygen atoms in total. The van der Waals surface area contributed by atoms with Crippen LogP contribution in [0.15, 0.2) is 24.3 Å². The Kier molecular flexibility index (Phi) is 8.29. The molecule has 0 fully saturated rings. The lowest BCUT2D eigenvalue weighted by Gasteiger charge is -2.21. The summed E-state index contributed by atoms with van der Waals surface area (Å²) < 4.78 is 5.47. The SMILES string of the molecule is CCCOc1ccc(C(=O)C(CC(=O)O)CN(C)CCO)cc1. The molecule has 2 N–H and O–H groups in total. The Morgan fingerprint density at radius 1 is 1.26 bits per heavy atom. The van der Waals surface area contributed by atoms with Crippen LogP contribution in [0.25, 0.3) is 0 Å². The molecule has 128 valence electrons. The molecular weight excluding hydrogens is 298 g/mol. The molecule has 0 aliphatic heterocycles. The van der Waals surface area contributed by atoms with Gasteiger partial charge in [0.05, 0.1) is 19.6 Å². The number of aliphatic hydroxyl groups excluding tert-OH is 1. The Bertz CT molecular complexity index is 500. The van der Waals surface area contributed by atoms with Crippen LogP contribution in [0.5, 0.6) is 5.75 Å². The minimum atomic E-state index is -1.01. The molecule has 0 saturated carbocycles. The first kappa shape index (κ1) is 19.1. The van der Waals surface area contributed by atoms with Gasteiger partial charge in [0.1, 0.15) is 5.75 Å². The highest BCUT2D eigenvalue weighted by Crippen LogP contribution is 2.18. The molecule has 1 rings (SSSR count). The smallest absolute Gasteiger partial charge is 0.304 e. The van der Waals surface area contributed by atoms with Gasteiger partial charge in [0.15, 0.2) is 5.78 Å². The molecule has 0 aliphatic rings. The first-order valence-corrected chi connectivity index (χ1v) is 7.76. The van der Waals surface area contributed by atoms with E-state index >= 15 is 0 Å². The summed E-state index contributed by atoms with van der Waals surface area (Å²) in [6.45, 7) is 3.28. The third-order valence-corrected chi connectivity index (χ3v) is 3.42. The van der Waals surface area contributed by atoms with Gasteiger partial charge in [0.2, 0.25) is 0 Å². The zero-order valence-corrected chi connectivity index (χ0v) is 13.7. The van der Waals surface area contributed by atoms with Gasteiger partial charge in [-0.1, -0.05) is 6.92 Å². The number of aliphatic hydroxyl groups is 1. The maximum Gasteiger partial charge on any atom is 0.304 e. The Morgan fingerprint density at radius 3 is 2.43 bits per heavy atom. The molecule has 1 atom stereocenters. The predicted molar refractivity (Wildman–Crippen MR) is 86.9 cm³/mol. The van der Waals surface area contributed by atoms with E-state index in [2.05, 4.69) is 0 Å². The van der Waals surface area contributed by atoms with Crippen molar-refractivity contribution in [3.05, 3.63) is 29.8 Å². The second-order valence-corrected chi connectivity index (χ2v) is 5.52. The Balaban J connectivity index is 2.80. The van der Waals surface area contributed by atoms with Crippen molar-refractivity contribution >= 4 is 11.8 Å².